The van der Waals surface area contributed by atoms with Crippen LogP contribution in [0, 0.1) is 0 Å². The molecule has 0 atom stereocenters. The summed E-state index contributed by atoms with van der Waals surface area (Å²) in [4.78, 5) is 5.04. The van der Waals surface area contributed by atoms with Gasteiger partial charge in [-0.1, -0.05) is 103 Å². The van der Waals surface area contributed by atoms with E-state index < -0.39 is 0 Å². The quantitative estimate of drug-likeness (QED) is 0.244. The highest BCUT2D eigenvalue weighted by Crippen LogP contribution is 2.51. The first-order valence-corrected chi connectivity index (χ1v) is 13.5. The van der Waals surface area contributed by atoms with Gasteiger partial charge in [0.25, 0.3) is 0 Å². The van der Waals surface area contributed by atoms with Crippen molar-refractivity contribution in [2.75, 3.05) is 0 Å². The second-order valence-electron chi connectivity index (χ2n) is 10.1. The molecule has 3 heteroatoms. The van der Waals surface area contributed by atoms with Gasteiger partial charge in [-0.25, -0.2) is 4.98 Å². The molecule has 0 saturated carbocycles. The second kappa shape index (κ2) is 8.50. The number of hydrogen-bond acceptors (Lipinski definition) is 2. The van der Waals surface area contributed by atoms with Gasteiger partial charge in [-0.3, -0.25) is 4.57 Å². The van der Waals surface area contributed by atoms with E-state index in [4.69, 9.17) is 4.98 Å². The summed E-state index contributed by atoms with van der Waals surface area (Å²) in [6.07, 6.45) is 0. The van der Waals surface area contributed by atoms with E-state index in [0.717, 1.165) is 16.2 Å². The minimum atomic E-state index is -0.0952. The van der Waals surface area contributed by atoms with Gasteiger partial charge >= 0.3 is 0 Å². The van der Waals surface area contributed by atoms with Gasteiger partial charge in [0.2, 0.25) is 0 Å². The molecule has 0 fully saturated rings. The summed E-state index contributed by atoms with van der Waals surface area (Å²) in [6.45, 7) is 4.61. The van der Waals surface area contributed by atoms with E-state index in [9.17, 15) is 0 Å². The molecule has 6 aromatic rings. The van der Waals surface area contributed by atoms with Crippen molar-refractivity contribution in [1.82, 2.24) is 9.55 Å². The zero-order valence-electron chi connectivity index (χ0n) is 20.8. The van der Waals surface area contributed by atoms with Crippen LogP contribution in [-0.2, 0) is 4.75 Å². The van der Waals surface area contributed by atoms with Crippen LogP contribution < -0.4 is 0 Å². The normalized spacial score (nSPS) is 13.8. The number of hydrogen-bond donors (Lipinski definition) is 0. The van der Waals surface area contributed by atoms with Crippen molar-refractivity contribution in [3.63, 3.8) is 0 Å². The van der Waals surface area contributed by atoms with E-state index in [1.165, 1.54) is 44.6 Å². The molecule has 5 aromatic carbocycles. The zero-order chi connectivity index (χ0) is 25.0. The summed E-state index contributed by atoms with van der Waals surface area (Å²) in [5.74, 6) is 0. The average Bonchev–Trinajstić information content (AvgIpc) is 3.30. The lowest BCUT2D eigenvalue weighted by atomic mass is 9.89. The summed E-state index contributed by atoms with van der Waals surface area (Å²) in [5.41, 5.74) is 12.1. The molecule has 0 aliphatic carbocycles. The molecule has 2 nitrogen and oxygen atoms in total. The minimum absolute atomic E-state index is 0.0952. The van der Waals surface area contributed by atoms with Crippen molar-refractivity contribution in [3.8, 4) is 39.1 Å². The van der Waals surface area contributed by atoms with Crippen molar-refractivity contribution in [2.24, 2.45) is 0 Å². The fourth-order valence-corrected chi connectivity index (χ4v) is 6.61. The number of fused-ring (bicyclic) bond motifs is 5. The zero-order valence-corrected chi connectivity index (χ0v) is 21.7. The molecule has 2 heterocycles. The topological polar surface area (TPSA) is 17.8 Å². The van der Waals surface area contributed by atoms with Crippen LogP contribution in [0.3, 0.4) is 0 Å². The third kappa shape index (κ3) is 3.70. The third-order valence-electron chi connectivity index (χ3n) is 7.24. The van der Waals surface area contributed by atoms with Gasteiger partial charge in [0.1, 0.15) is 0 Å². The number of benzene rings is 5. The van der Waals surface area contributed by atoms with Gasteiger partial charge in [0, 0.05) is 10.3 Å². The summed E-state index contributed by atoms with van der Waals surface area (Å²) < 4.78 is 2.27. The fraction of sp³-hybridized carbons (Fsp3) is 0.0882. The molecule has 37 heavy (non-hydrogen) atoms. The molecule has 7 rings (SSSR count). The van der Waals surface area contributed by atoms with Crippen LogP contribution in [0.4, 0.5) is 0 Å². The second-order valence-corrected chi connectivity index (χ2v) is 11.7. The summed E-state index contributed by atoms with van der Waals surface area (Å²) in [6, 6.07) is 43.5. The summed E-state index contributed by atoms with van der Waals surface area (Å²) in [7, 11) is 0. The molecule has 0 N–H and O–H groups in total. The predicted molar refractivity (Wildman–Crippen MR) is 156 cm³/mol. The molecular formula is C34H26N2S. The van der Waals surface area contributed by atoms with Crippen LogP contribution in [0.2, 0.25) is 0 Å². The summed E-state index contributed by atoms with van der Waals surface area (Å²) >= 11 is 1.84. The molecule has 0 bridgehead atoms. The van der Waals surface area contributed by atoms with Crippen LogP contribution in [0.25, 0.3) is 50.1 Å². The molecule has 178 valence electrons. The van der Waals surface area contributed by atoms with Crippen molar-refractivity contribution < 1.29 is 0 Å². The van der Waals surface area contributed by atoms with Gasteiger partial charge in [-0.2, -0.15) is 0 Å². The molecule has 0 unspecified atom stereocenters. The Hall–Kier alpha value is -4.08. The molecule has 1 aliphatic rings. The lowest BCUT2D eigenvalue weighted by Gasteiger charge is -2.34. The van der Waals surface area contributed by atoms with E-state index in [0.29, 0.717) is 0 Å². The van der Waals surface area contributed by atoms with Crippen molar-refractivity contribution in [2.45, 2.75) is 23.8 Å². The maximum absolute atomic E-state index is 5.04. The smallest absolute Gasteiger partial charge is 0.174 e. The molecule has 0 amide bonds. The van der Waals surface area contributed by atoms with Crippen molar-refractivity contribution in [3.05, 3.63) is 127 Å². The molecule has 1 aromatic heterocycles. The lowest BCUT2D eigenvalue weighted by molar-refractivity contribution is 0.729. The Kier molecular flexibility index (Phi) is 5.09. The highest BCUT2D eigenvalue weighted by molar-refractivity contribution is 8.00. The maximum atomic E-state index is 5.04. The highest BCUT2D eigenvalue weighted by Gasteiger charge is 2.35. The van der Waals surface area contributed by atoms with Gasteiger partial charge in [-0.15, -0.1) is 0 Å². The standard InChI is InChI=1S/C34H26N2S/c1-34(2)29-17-11-16-28(32(29)36-31-19-10-9-18-30(31)35-33(36)37-34)27-21-25(23-12-5-3-6-13-23)20-26(22-27)24-14-7-4-8-15-24/h3-22H,1-2H3. The largest absolute Gasteiger partial charge is 0.286 e. The Morgan fingerprint density at radius 2 is 1.19 bits per heavy atom. The third-order valence-corrected chi connectivity index (χ3v) is 8.43. The molecule has 1 aliphatic heterocycles. The van der Waals surface area contributed by atoms with Gasteiger partial charge in [0.05, 0.1) is 16.7 Å². The first-order valence-electron chi connectivity index (χ1n) is 12.7. The summed E-state index contributed by atoms with van der Waals surface area (Å²) in [5, 5.41) is 1.05. The maximum Gasteiger partial charge on any atom is 0.174 e. The molecule has 0 radical (unpaired) electrons. The van der Waals surface area contributed by atoms with Crippen molar-refractivity contribution >= 4 is 22.8 Å². The minimum Gasteiger partial charge on any atom is -0.286 e. The number of thioether (sulfide) groups is 1. The van der Waals surface area contributed by atoms with E-state index in [2.05, 4.69) is 140 Å². The number of nitrogens with zero attached hydrogens (tertiary/aromatic N) is 2. The van der Waals surface area contributed by atoms with Gasteiger partial charge in [0.15, 0.2) is 5.16 Å². The number of para-hydroxylation sites is 3. The Labute approximate surface area is 221 Å². The Balaban J connectivity index is 1.54. The monoisotopic (exact) mass is 494 g/mol. The Morgan fingerprint density at radius 3 is 1.86 bits per heavy atom. The van der Waals surface area contributed by atoms with Crippen LogP contribution >= 0.6 is 11.8 Å². The van der Waals surface area contributed by atoms with Crippen LogP contribution in [-0.4, -0.2) is 9.55 Å². The highest BCUT2D eigenvalue weighted by atomic mass is 32.2. The average molecular weight is 495 g/mol. The fourth-order valence-electron chi connectivity index (χ4n) is 5.45. The number of imidazole rings is 1. The predicted octanol–water partition coefficient (Wildman–Crippen LogP) is 9.37. The SMILES string of the molecule is CC1(C)Sc2nc3ccccc3n2-c2c(-c3cc(-c4ccccc4)cc(-c4ccccc4)c3)cccc21. The lowest BCUT2D eigenvalue weighted by Crippen LogP contribution is -2.22. The van der Waals surface area contributed by atoms with Gasteiger partial charge < -0.3 is 0 Å². The first-order chi connectivity index (χ1) is 18.1. The molecular weight excluding hydrogens is 468 g/mol. The number of aromatic nitrogens is 2. The van der Waals surface area contributed by atoms with Crippen LogP contribution in [0.15, 0.2) is 126 Å². The van der Waals surface area contributed by atoms with E-state index in [1.807, 2.05) is 11.8 Å². The van der Waals surface area contributed by atoms with Crippen molar-refractivity contribution in [1.29, 1.82) is 0 Å². The Morgan fingerprint density at radius 1 is 0.595 bits per heavy atom. The van der Waals surface area contributed by atoms with E-state index in [1.54, 1.807) is 0 Å². The van der Waals surface area contributed by atoms with E-state index >= 15 is 0 Å². The molecule has 0 spiro atoms. The van der Waals surface area contributed by atoms with Crippen LogP contribution in [0.1, 0.15) is 19.4 Å². The van der Waals surface area contributed by atoms with Crippen LogP contribution in [0.5, 0.6) is 0 Å². The first kappa shape index (κ1) is 22.1. The molecule has 0 saturated heterocycles. The number of rotatable bonds is 3. The van der Waals surface area contributed by atoms with E-state index in [-0.39, 0.29) is 4.75 Å². The van der Waals surface area contributed by atoms with Gasteiger partial charge in [-0.05, 0) is 77.6 Å². The Bertz CT molecular complexity index is 1710.